The van der Waals surface area contributed by atoms with Gasteiger partial charge in [0.2, 0.25) is 0 Å². The molecule has 0 spiro atoms. The third-order valence-electron chi connectivity index (χ3n) is 2.27. The Hall–Kier alpha value is -2.13. The van der Waals surface area contributed by atoms with Gasteiger partial charge in [-0.2, -0.15) is 5.26 Å². The molecule has 0 unspecified atom stereocenters. The van der Waals surface area contributed by atoms with Gasteiger partial charge in [0.25, 0.3) is 0 Å². The first-order valence-corrected chi connectivity index (χ1v) is 5.89. The van der Waals surface area contributed by atoms with Crippen molar-refractivity contribution in [2.45, 2.75) is 6.54 Å². The first-order chi connectivity index (χ1) is 8.20. The number of nitrogens with zero attached hydrogens (tertiary/aromatic N) is 4. The Morgan fingerprint density at radius 3 is 2.94 bits per heavy atom. The van der Waals surface area contributed by atoms with Crippen LogP contribution >= 0.6 is 11.3 Å². The molecular formula is C11H11N5S. The monoisotopic (exact) mass is 245 g/mol. The third-order valence-corrected chi connectivity index (χ3v) is 2.90. The molecule has 0 atom stereocenters. The molecule has 6 heteroatoms. The largest absolute Gasteiger partial charge is 0.396 e. The maximum atomic E-state index is 8.73. The van der Waals surface area contributed by atoms with Crippen LogP contribution in [0.2, 0.25) is 0 Å². The van der Waals surface area contributed by atoms with Gasteiger partial charge in [0, 0.05) is 18.6 Å². The number of aromatic nitrogens is 2. The highest BCUT2D eigenvalue weighted by molar-refractivity contribution is 7.07. The molecule has 0 aliphatic heterocycles. The Labute approximate surface area is 103 Å². The van der Waals surface area contributed by atoms with Crippen LogP contribution in [0.25, 0.3) is 0 Å². The summed E-state index contributed by atoms with van der Waals surface area (Å²) in [5, 5.41) is 10.7. The highest BCUT2D eigenvalue weighted by atomic mass is 32.1. The van der Waals surface area contributed by atoms with E-state index in [4.69, 9.17) is 11.0 Å². The van der Waals surface area contributed by atoms with Gasteiger partial charge in [-0.3, -0.25) is 0 Å². The average Bonchev–Trinajstić information content (AvgIpc) is 2.81. The van der Waals surface area contributed by atoms with Gasteiger partial charge in [-0.1, -0.05) is 0 Å². The lowest BCUT2D eigenvalue weighted by Gasteiger charge is -2.18. The molecule has 2 heterocycles. The summed E-state index contributed by atoms with van der Waals surface area (Å²) < 4.78 is 0. The molecule has 0 saturated carbocycles. The van der Waals surface area contributed by atoms with Crippen molar-refractivity contribution < 1.29 is 0 Å². The van der Waals surface area contributed by atoms with Crippen molar-refractivity contribution >= 4 is 22.8 Å². The molecule has 86 valence electrons. The predicted molar refractivity (Wildman–Crippen MR) is 67.6 cm³/mol. The minimum absolute atomic E-state index is 0.466. The fourth-order valence-electron chi connectivity index (χ4n) is 1.49. The zero-order chi connectivity index (χ0) is 12.3. The zero-order valence-electron chi connectivity index (χ0n) is 9.29. The summed E-state index contributed by atoms with van der Waals surface area (Å²) in [5.74, 6) is 0.664. The summed E-state index contributed by atoms with van der Waals surface area (Å²) in [6.07, 6.45) is 1.52. The summed E-state index contributed by atoms with van der Waals surface area (Å²) >= 11 is 1.55. The second-order valence-electron chi connectivity index (χ2n) is 3.58. The van der Waals surface area contributed by atoms with Crippen molar-refractivity contribution in [3.05, 3.63) is 34.4 Å². The Morgan fingerprint density at radius 2 is 2.35 bits per heavy atom. The van der Waals surface area contributed by atoms with Crippen LogP contribution in [0.15, 0.2) is 23.2 Å². The topological polar surface area (TPSA) is 78.8 Å². The fourth-order valence-corrected chi connectivity index (χ4v) is 2.04. The minimum Gasteiger partial charge on any atom is -0.396 e. The van der Waals surface area contributed by atoms with Crippen LogP contribution in [0.4, 0.5) is 11.5 Å². The van der Waals surface area contributed by atoms with Crippen molar-refractivity contribution in [3.8, 4) is 6.07 Å². The van der Waals surface area contributed by atoms with E-state index in [1.807, 2.05) is 23.4 Å². The second-order valence-corrected chi connectivity index (χ2v) is 4.30. The Morgan fingerprint density at radius 1 is 1.53 bits per heavy atom. The van der Waals surface area contributed by atoms with E-state index in [1.165, 1.54) is 6.20 Å². The van der Waals surface area contributed by atoms with Crippen molar-refractivity contribution in [2.24, 2.45) is 0 Å². The maximum absolute atomic E-state index is 8.73. The molecular weight excluding hydrogens is 234 g/mol. The molecule has 0 bridgehead atoms. The van der Waals surface area contributed by atoms with Crippen molar-refractivity contribution in [3.63, 3.8) is 0 Å². The van der Waals surface area contributed by atoms with Crippen molar-refractivity contribution in [1.82, 2.24) is 9.97 Å². The molecule has 0 amide bonds. The van der Waals surface area contributed by atoms with Crippen molar-refractivity contribution in [1.29, 1.82) is 5.26 Å². The normalized spacial score (nSPS) is 9.88. The molecule has 0 aliphatic carbocycles. The molecule has 2 aromatic rings. The minimum atomic E-state index is 0.466. The number of nitriles is 1. The average molecular weight is 245 g/mol. The Bertz CT molecular complexity index is 543. The van der Waals surface area contributed by atoms with E-state index in [0.717, 1.165) is 5.69 Å². The van der Waals surface area contributed by atoms with E-state index >= 15 is 0 Å². The number of hydrogen-bond acceptors (Lipinski definition) is 6. The van der Waals surface area contributed by atoms with Crippen molar-refractivity contribution in [2.75, 3.05) is 17.7 Å². The lowest BCUT2D eigenvalue weighted by atomic mass is 10.2. The fraction of sp³-hybridized carbons (Fsp3) is 0.182. The number of nitrogens with two attached hydrogens (primary N) is 1. The van der Waals surface area contributed by atoms with Crippen LogP contribution in [0.3, 0.4) is 0 Å². The lowest BCUT2D eigenvalue weighted by Crippen LogP contribution is -2.19. The van der Waals surface area contributed by atoms with Gasteiger partial charge in [0.05, 0.1) is 29.0 Å². The van der Waals surface area contributed by atoms with Gasteiger partial charge in [0.1, 0.15) is 6.07 Å². The summed E-state index contributed by atoms with van der Waals surface area (Å²) in [6, 6.07) is 3.63. The molecule has 2 aromatic heterocycles. The second kappa shape index (κ2) is 4.80. The Balaban J connectivity index is 2.20. The quantitative estimate of drug-likeness (QED) is 0.889. The zero-order valence-corrected chi connectivity index (χ0v) is 10.1. The Kier molecular flexibility index (Phi) is 3.21. The van der Waals surface area contributed by atoms with E-state index in [9.17, 15) is 0 Å². The van der Waals surface area contributed by atoms with Gasteiger partial charge in [-0.15, -0.1) is 11.3 Å². The highest BCUT2D eigenvalue weighted by Gasteiger charge is 2.09. The van der Waals surface area contributed by atoms with Crippen LogP contribution in [0.1, 0.15) is 11.3 Å². The number of nitrogen functional groups attached to an aromatic ring is 1. The highest BCUT2D eigenvalue weighted by Crippen LogP contribution is 2.21. The number of hydrogen-bond donors (Lipinski definition) is 1. The molecule has 0 fully saturated rings. The summed E-state index contributed by atoms with van der Waals surface area (Å²) in [5.41, 5.74) is 9.59. The SMILES string of the molecule is CN(Cc1cscn1)c1ncc(C#N)cc1N. The molecule has 0 aromatic carbocycles. The van der Waals surface area contributed by atoms with E-state index < -0.39 is 0 Å². The van der Waals surface area contributed by atoms with Gasteiger partial charge in [0.15, 0.2) is 5.82 Å². The van der Waals surface area contributed by atoms with Gasteiger partial charge >= 0.3 is 0 Å². The van der Waals surface area contributed by atoms with Crippen LogP contribution in [-0.2, 0) is 6.54 Å². The molecule has 0 aliphatic rings. The van der Waals surface area contributed by atoms with E-state index in [0.29, 0.717) is 23.6 Å². The molecule has 0 radical (unpaired) electrons. The first-order valence-electron chi connectivity index (χ1n) is 4.94. The predicted octanol–water partition coefficient (Wildman–Crippen LogP) is 1.63. The molecule has 17 heavy (non-hydrogen) atoms. The van der Waals surface area contributed by atoms with E-state index in [2.05, 4.69) is 9.97 Å². The van der Waals surface area contributed by atoms with Crippen LogP contribution in [0.5, 0.6) is 0 Å². The molecule has 0 saturated heterocycles. The number of anilines is 2. The summed E-state index contributed by atoms with van der Waals surface area (Å²) in [6.45, 7) is 0.645. The van der Waals surface area contributed by atoms with Crippen LogP contribution in [0, 0.1) is 11.3 Å². The number of thiazole rings is 1. The van der Waals surface area contributed by atoms with E-state index in [-0.39, 0.29) is 0 Å². The van der Waals surface area contributed by atoms with Crippen LogP contribution < -0.4 is 10.6 Å². The summed E-state index contributed by atoms with van der Waals surface area (Å²) in [7, 11) is 1.89. The first kappa shape index (κ1) is 11.4. The van der Waals surface area contributed by atoms with Gasteiger partial charge < -0.3 is 10.6 Å². The number of rotatable bonds is 3. The van der Waals surface area contributed by atoms with Gasteiger partial charge in [-0.25, -0.2) is 9.97 Å². The van der Waals surface area contributed by atoms with Crippen LogP contribution in [-0.4, -0.2) is 17.0 Å². The lowest BCUT2D eigenvalue weighted by molar-refractivity contribution is 0.875. The smallest absolute Gasteiger partial charge is 0.151 e. The van der Waals surface area contributed by atoms with Gasteiger partial charge in [-0.05, 0) is 6.07 Å². The maximum Gasteiger partial charge on any atom is 0.151 e. The van der Waals surface area contributed by atoms with E-state index in [1.54, 1.807) is 22.9 Å². The molecule has 2 N–H and O–H groups in total. The number of pyridine rings is 1. The standard InChI is InChI=1S/C11H11N5S/c1-16(5-9-6-17-7-15-9)11-10(13)2-8(3-12)4-14-11/h2,4,6-7H,5,13H2,1H3. The summed E-state index contributed by atoms with van der Waals surface area (Å²) in [4.78, 5) is 10.3. The molecule has 2 rings (SSSR count). The molecule has 5 nitrogen and oxygen atoms in total. The third kappa shape index (κ3) is 2.52.